The van der Waals surface area contributed by atoms with Gasteiger partial charge < -0.3 is 37.0 Å². The second-order valence-electron chi connectivity index (χ2n) is 11.5. The highest BCUT2D eigenvalue weighted by atomic mass is 28.6. The third kappa shape index (κ3) is 3.81. The molecule has 5 saturated heterocycles. The summed E-state index contributed by atoms with van der Waals surface area (Å²) in [5, 5.41) is 0. The summed E-state index contributed by atoms with van der Waals surface area (Å²) in [7, 11) is -20.3. The lowest BCUT2D eigenvalue weighted by Gasteiger charge is -2.66. The molecule has 6 bridgehead atoms. The molecule has 0 aliphatic carbocycles. The van der Waals surface area contributed by atoms with Crippen molar-refractivity contribution in [1.82, 2.24) is 0 Å². The van der Waals surface area contributed by atoms with Crippen LogP contribution in [0.2, 0.25) is 33.2 Å². The standard InChI is InChI=1S/C18H42O9Si6/c1-13(2)28-19-29(14(3)4)21-30(20-28,15(5)6)27-33(18(11)12)23-31(25-28,16(7)8)22-32(24-33,26-29)17(9)10/h13-18H,1-12H3. The first kappa shape index (κ1) is 27.0. The zero-order valence-electron chi connectivity index (χ0n) is 22.1. The molecule has 0 aromatic carbocycles. The molecule has 192 valence electrons. The maximum absolute atomic E-state index is 7.14. The molecule has 15 heteroatoms. The van der Waals surface area contributed by atoms with Gasteiger partial charge >= 0.3 is 52.8 Å². The van der Waals surface area contributed by atoms with E-state index in [0.29, 0.717) is 0 Å². The molecular formula is C18H42O9Si6. The maximum atomic E-state index is 7.14. The monoisotopic (exact) mass is 570 g/mol. The smallest absolute Gasteiger partial charge is 0.373 e. The second-order valence-corrected chi connectivity index (χ2v) is 33.0. The quantitative estimate of drug-likeness (QED) is 0.396. The van der Waals surface area contributed by atoms with E-state index in [0.717, 1.165) is 0 Å². The van der Waals surface area contributed by atoms with E-state index in [-0.39, 0.29) is 33.2 Å². The van der Waals surface area contributed by atoms with E-state index in [9.17, 15) is 0 Å². The van der Waals surface area contributed by atoms with E-state index in [1.54, 1.807) is 0 Å². The van der Waals surface area contributed by atoms with Crippen molar-refractivity contribution in [3.8, 4) is 0 Å². The van der Waals surface area contributed by atoms with E-state index in [1.807, 2.05) is 0 Å². The molecule has 0 atom stereocenters. The van der Waals surface area contributed by atoms with Gasteiger partial charge in [-0.25, -0.2) is 0 Å². The van der Waals surface area contributed by atoms with Gasteiger partial charge in [0.1, 0.15) is 0 Å². The summed E-state index contributed by atoms with van der Waals surface area (Å²) in [5.74, 6) is 0. The maximum Gasteiger partial charge on any atom is 0.481 e. The van der Waals surface area contributed by atoms with Crippen LogP contribution in [0.15, 0.2) is 0 Å². The molecule has 33 heavy (non-hydrogen) atoms. The van der Waals surface area contributed by atoms with E-state index in [2.05, 4.69) is 83.1 Å². The molecule has 0 N–H and O–H groups in total. The van der Waals surface area contributed by atoms with Crippen LogP contribution in [0, 0.1) is 0 Å². The molecule has 5 aliphatic rings. The fourth-order valence-corrected chi connectivity index (χ4v) is 45.3. The molecule has 0 amide bonds. The Bertz CT molecular complexity index is 605. The van der Waals surface area contributed by atoms with Crippen LogP contribution >= 0.6 is 0 Å². The van der Waals surface area contributed by atoms with E-state index < -0.39 is 52.8 Å². The first-order chi connectivity index (χ1) is 15.0. The van der Waals surface area contributed by atoms with Crippen LogP contribution in [0.3, 0.4) is 0 Å². The first-order valence-corrected chi connectivity index (χ1v) is 23.1. The molecule has 0 unspecified atom stereocenters. The highest BCUT2D eigenvalue weighted by Crippen LogP contribution is 2.58. The van der Waals surface area contributed by atoms with Crippen molar-refractivity contribution in [3.63, 3.8) is 0 Å². The summed E-state index contributed by atoms with van der Waals surface area (Å²) in [6.07, 6.45) is 0. The van der Waals surface area contributed by atoms with Gasteiger partial charge in [-0.1, -0.05) is 83.1 Å². The molecule has 5 rings (SSSR count). The van der Waals surface area contributed by atoms with Crippen molar-refractivity contribution in [2.75, 3.05) is 0 Å². The van der Waals surface area contributed by atoms with Gasteiger partial charge in [0.25, 0.3) is 0 Å². The lowest BCUT2D eigenvalue weighted by molar-refractivity contribution is -0.0447. The Labute approximate surface area is 205 Å². The van der Waals surface area contributed by atoms with Crippen molar-refractivity contribution in [2.45, 2.75) is 116 Å². The normalized spacial score (nSPS) is 47.5. The molecule has 5 aliphatic heterocycles. The zero-order chi connectivity index (χ0) is 24.8. The van der Waals surface area contributed by atoms with Gasteiger partial charge in [0, 0.05) is 33.2 Å². The molecule has 0 aromatic rings. The third-order valence-corrected chi connectivity index (χ3v) is 35.8. The lowest BCUT2D eigenvalue weighted by atomic mass is 10.6. The van der Waals surface area contributed by atoms with Gasteiger partial charge in [0.15, 0.2) is 0 Å². The molecule has 5 fully saturated rings. The summed E-state index contributed by atoms with van der Waals surface area (Å²) in [6.45, 7) is 25.0. The molecule has 9 nitrogen and oxygen atoms in total. The summed E-state index contributed by atoms with van der Waals surface area (Å²) in [6, 6.07) is 0. The first-order valence-electron chi connectivity index (χ1n) is 12.3. The predicted molar refractivity (Wildman–Crippen MR) is 135 cm³/mol. The van der Waals surface area contributed by atoms with Crippen LogP contribution in [0.4, 0.5) is 0 Å². The van der Waals surface area contributed by atoms with Gasteiger partial charge in [0.05, 0.1) is 0 Å². The Morgan fingerprint density at radius 1 is 0.242 bits per heavy atom. The van der Waals surface area contributed by atoms with Gasteiger partial charge in [0.2, 0.25) is 0 Å². The number of hydrogen-bond donors (Lipinski definition) is 0. The Kier molecular flexibility index (Phi) is 6.72. The minimum absolute atomic E-state index is 0.0375. The molecule has 0 spiro atoms. The van der Waals surface area contributed by atoms with E-state index in [4.69, 9.17) is 37.0 Å². The zero-order valence-corrected chi connectivity index (χ0v) is 28.1. The minimum Gasteiger partial charge on any atom is -0.373 e. The highest BCUT2D eigenvalue weighted by Gasteiger charge is 2.85. The Balaban J connectivity index is 2.08. The van der Waals surface area contributed by atoms with Crippen LogP contribution in [0.5, 0.6) is 0 Å². The van der Waals surface area contributed by atoms with Crippen LogP contribution in [-0.4, -0.2) is 52.8 Å². The highest BCUT2D eigenvalue weighted by molar-refractivity contribution is 7.04. The van der Waals surface area contributed by atoms with Crippen LogP contribution < -0.4 is 0 Å². The van der Waals surface area contributed by atoms with E-state index >= 15 is 0 Å². The fourth-order valence-electron chi connectivity index (χ4n) is 4.28. The van der Waals surface area contributed by atoms with Crippen LogP contribution in [0.1, 0.15) is 83.1 Å². The van der Waals surface area contributed by atoms with Gasteiger partial charge in [-0.05, 0) is 0 Å². The van der Waals surface area contributed by atoms with Crippen LogP contribution in [0.25, 0.3) is 0 Å². The topological polar surface area (TPSA) is 83.1 Å². The fraction of sp³-hybridized carbons (Fsp3) is 1.00. The number of rotatable bonds is 6. The third-order valence-electron chi connectivity index (χ3n) is 6.80. The Hall–Kier alpha value is 0.941. The average molecular weight is 571 g/mol. The minimum atomic E-state index is -3.39. The summed E-state index contributed by atoms with van der Waals surface area (Å²) in [4.78, 5) is 0. The van der Waals surface area contributed by atoms with Crippen molar-refractivity contribution >= 4 is 52.8 Å². The van der Waals surface area contributed by atoms with Crippen molar-refractivity contribution in [3.05, 3.63) is 0 Å². The average Bonchev–Trinajstić information content (AvgIpc) is 2.65. The van der Waals surface area contributed by atoms with Gasteiger partial charge in [-0.3, -0.25) is 0 Å². The molecule has 5 heterocycles. The van der Waals surface area contributed by atoms with Gasteiger partial charge in [-0.15, -0.1) is 0 Å². The largest absolute Gasteiger partial charge is 0.481 e. The second kappa shape index (κ2) is 8.22. The molecule has 0 aromatic heterocycles. The molecular weight excluding hydrogens is 529 g/mol. The molecule has 0 radical (unpaired) electrons. The van der Waals surface area contributed by atoms with Crippen molar-refractivity contribution in [1.29, 1.82) is 0 Å². The van der Waals surface area contributed by atoms with Crippen molar-refractivity contribution < 1.29 is 37.0 Å². The lowest BCUT2D eigenvalue weighted by Crippen LogP contribution is -2.90. The van der Waals surface area contributed by atoms with Crippen molar-refractivity contribution in [2.24, 2.45) is 0 Å². The Morgan fingerprint density at radius 2 is 0.333 bits per heavy atom. The summed E-state index contributed by atoms with van der Waals surface area (Å²) >= 11 is 0. The summed E-state index contributed by atoms with van der Waals surface area (Å²) in [5.41, 5.74) is -0.225. The summed E-state index contributed by atoms with van der Waals surface area (Å²) < 4.78 is 63.2. The van der Waals surface area contributed by atoms with Gasteiger partial charge in [-0.2, -0.15) is 0 Å². The molecule has 0 saturated carbocycles. The Morgan fingerprint density at radius 3 is 0.394 bits per heavy atom. The predicted octanol–water partition coefficient (Wildman–Crippen LogP) is 5.28. The van der Waals surface area contributed by atoms with Crippen LogP contribution in [-0.2, 0) is 37.0 Å². The number of hydrogen-bond acceptors (Lipinski definition) is 9. The SMILES string of the molecule is CC(C)[Si]12O[Si]3(C(C)C)O[Si](C(C)C)(O1)O[Si]1(C(C)C)O[Si](C(C)C)(O[Si](C(C)C)(O1)O3)O2. The van der Waals surface area contributed by atoms with E-state index in [1.165, 1.54) is 0 Å².